The highest BCUT2D eigenvalue weighted by molar-refractivity contribution is 6.30. The van der Waals surface area contributed by atoms with E-state index in [-0.39, 0.29) is 6.61 Å². The monoisotopic (exact) mass is 345 g/mol. The second-order valence-electron chi connectivity index (χ2n) is 4.78. The Morgan fingerprint density at radius 1 is 1.21 bits per heavy atom. The molecule has 0 radical (unpaired) electrons. The Balaban J connectivity index is 2.21. The minimum Gasteiger partial charge on any atom is -0.488 e. The van der Waals surface area contributed by atoms with Crippen LogP contribution in [-0.4, -0.2) is 31.1 Å². The van der Waals surface area contributed by atoms with Crippen molar-refractivity contribution in [2.24, 2.45) is 5.16 Å². The number of benzene rings is 2. The SMILES string of the molecule is COC(=O)/C(=C/c1ccc(Cl)cc1)COc1ccccc1/C=N/O. The van der Waals surface area contributed by atoms with Crippen LogP contribution < -0.4 is 4.74 Å². The average Bonchev–Trinajstić information content (AvgIpc) is 2.61. The molecule has 0 bridgehead atoms. The lowest BCUT2D eigenvalue weighted by Crippen LogP contribution is -2.13. The van der Waals surface area contributed by atoms with Gasteiger partial charge in [0, 0.05) is 10.6 Å². The molecule has 124 valence electrons. The van der Waals surface area contributed by atoms with Crippen molar-refractivity contribution in [1.82, 2.24) is 0 Å². The molecule has 5 nitrogen and oxygen atoms in total. The lowest BCUT2D eigenvalue weighted by Gasteiger charge is -2.10. The van der Waals surface area contributed by atoms with Crippen LogP contribution >= 0.6 is 11.6 Å². The first-order chi connectivity index (χ1) is 11.6. The molecule has 1 N–H and O–H groups in total. The fourth-order valence-electron chi connectivity index (χ4n) is 1.99. The number of oxime groups is 1. The number of halogens is 1. The highest BCUT2D eigenvalue weighted by atomic mass is 35.5. The van der Waals surface area contributed by atoms with Crippen molar-refractivity contribution in [1.29, 1.82) is 0 Å². The zero-order valence-electron chi connectivity index (χ0n) is 13.0. The summed E-state index contributed by atoms with van der Waals surface area (Å²) >= 11 is 5.86. The minimum atomic E-state index is -0.488. The number of para-hydroxylation sites is 1. The predicted octanol–water partition coefficient (Wildman–Crippen LogP) is 3.78. The molecule has 0 aliphatic carbocycles. The van der Waals surface area contributed by atoms with Gasteiger partial charge in [0.2, 0.25) is 0 Å². The molecule has 0 aliphatic rings. The number of ether oxygens (including phenoxy) is 2. The van der Waals surface area contributed by atoms with Crippen LogP contribution in [0.25, 0.3) is 6.08 Å². The maximum Gasteiger partial charge on any atom is 0.337 e. The highest BCUT2D eigenvalue weighted by Crippen LogP contribution is 2.18. The van der Waals surface area contributed by atoms with Crippen LogP contribution in [0.3, 0.4) is 0 Å². The van der Waals surface area contributed by atoms with E-state index in [4.69, 9.17) is 26.3 Å². The Morgan fingerprint density at radius 3 is 2.58 bits per heavy atom. The van der Waals surface area contributed by atoms with Gasteiger partial charge in [0.05, 0.1) is 18.9 Å². The maximum atomic E-state index is 12.0. The van der Waals surface area contributed by atoms with Crippen molar-refractivity contribution in [2.75, 3.05) is 13.7 Å². The van der Waals surface area contributed by atoms with E-state index in [2.05, 4.69) is 5.16 Å². The number of hydrogen-bond donors (Lipinski definition) is 1. The molecule has 0 heterocycles. The fourth-order valence-corrected chi connectivity index (χ4v) is 2.11. The molecule has 24 heavy (non-hydrogen) atoms. The second kappa shape index (κ2) is 8.74. The molecule has 0 atom stereocenters. The molecule has 0 saturated heterocycles. The number of carbonyl (C=O) groups is 1. The Labute approximate surface area is 144 Å². The van der Waals surface area contributed by atoms with E-state index in [1.54, 1.807) is 54.6 Å². The minimum absolute atomic E-state index is 0.00554. The maximum absolute atomic E-state index is 12.0. The summed E-state index contributed by atoms with van der Waals surface area (Å²) in [4.78, 5) is 12.0. The molecule has 0 spiro atoms. The second-order valence-corrected chi connectivity index (χ2v) is 5.22. The lowest BCUT2D eigenvalue weighted by atomic mass is 10.1. The normalized spacial score (nSPS) is 11.5. The molecular weight excluding hydrogens is 330 g/mol. The van der Waals surface area contributed by atoms with Gasteiger partial charge in [-0.25, -0.2) is 4.79 Å². The van der Waals surface area contributed by atoms with Crippen LogP contribution in [0, 0.1) is 0 Å². The number of carbonyl (C=O) groups excluding carboxylic acids is 1. The van der Waals surface area contributed by atoms with Crippen molar-refractivity contribution in [3.05, 3.63) is 70.3 Å². The van der Waals surface area contributed by atoms with Gasteiger partial charge in [-0.3, -0.25) is 0 Å². The van der Waals surface area contributed by atoms with Gasteiger partial charge in [0.25, 0.3) is 0 Å². The first-order valence-electron chi connectivity index (χ1n) is 7.07. The quantitative estimate of drug-likeness (QED) is 0.284. The van der Waals surface area contributed by atoms with Crippen molar-refractivity contribution in [3.8, 4) is 5.75 Å². The molecule has 2 rings (SSSR count). The molecule has 2 aromatic rings. The van der Waals surface area contributed by atoms with Crippen LogP contribution in [0.5, 0.6) is 5.75 Å². The number of methoxy groups -OCH3 is 1. The molecular formula is C18H16ClNO4. The summed E-state index contributed by atoms with van der Waals surface area (Å²) in [6, 6.07) is 14.1. The first-order valence-corrected chi connectivity index (χ1v) is 7.45. The van der Waals surface area contributed by atoms with Crippen LogP contribution in [0.15, 0.2) is 59.3 Å². The van der Waals surface area contributed by atoms with E-state index in [9.17, 15) is 4.79 Å². The standard InChI is InChI=1S/C18H16ClNO4/c1-23-18(21)15(10-13-6-8-16(19)9-7-13)12-24-17-5-3-2-4-14(17)11-20-22/h2-11,22H,12H2,1H3/b15-10+,20-11+. The fraction of sp³-hybridized carbons (Fsp3) is 0.111. The summed E-state index contributed by atoms with van der Waals surface area (Å²) in [5.74, 6) is -0.000495. The molecule has 6 heteroatoms. The van der Waals surface area contributed by atoms with E-state index >= 15 is 0 Å². The van der Waals surface area contributed by atoms with Crippen LogP contribution in [0.1, 0.15) is 11.1 Å². The number of hydrogen-bond acceptors (Lipinski definition) is 5. The number of nitrogens with zero attached hydrogens (tertiary/aromatic N) is 1. The Morgan fingerprint density at radius 2 is 1.92 bits per heavy atom. The molecule has 0 aromatic heterocycles. The average molecular weight is 346 g/mol. The third-order valence-electron chi connectivity index (χ3n) is 3.16. The summed E-state index contributed by atoms with van der Waals surface area (Å²) < 4.78 is 10.5. The van der Waals surface area contributed by atoms with E-state index in [0.29, 0.717) is 21.9 Å². The van der Waals surface area contributed by atoms with Gasteiger partial charge in [-0.05, 0) is 35.9 Å². The summed E-state index contributed by atoms with van der Waals surface area (Å²) in [5.41, 5.74) is 1.74. The zero-order valence-corrected chi connectivity index (χ0v) is 13.7. The summed E-state index contributed by atoms with van der Waals surface area (Å²) in [6.07, 6.45) is 2.93. The molecule has 0 amide bonds. The zero-order chi connectivity index (χ0) is 17.4. The van der Waals surface area contributed by atoms with Crippen molar-refractivity contribution in [2.45, 2.75) is 0 Å². The van der Waals surface area contributed by atoms with Gasteiger partial charge in [-0.15, -0.1) is 0 Å². The molecule has 2 aromatic carbocycles. The van der Waals surface area contributed by atoms with Crippen molar-refractivity contribution < 1.29 is 19.5 Å². The van der Waals surface area contributed by atoms with E-state index in [0.717, 1.165) is 5.56 Å². The predicted molar refractivity (Wildman–Crippen MR) is 92.8 cm³/mol. The van der Waals surface area contributed by atoms with Crippen molar-refractivity contribution >= 4 is 29.9 Å². The molecule has 0 saturated carbocycles. The van der Waals surface area contributed by atoms with Gasteiger partial charge < -0.3 is 14.7 Å². The van der Waals surface area contributed by atoms with Crippen LogP contribution in [-0.2, 0) is 9.53 Å². The molecule has 0 unspecified atom stereocenters. The van der Waals surface area contributed by atoms with Gasteiger partial charge in [-0.1, -0.05) is 41.0 Å². The topological polar surface area (TPSA) is 68.1 Å². The van der Waals surface area contributed by atoms with Crippen LogP contribution in [0.4, 0.5) is 0 Å². The number of esters is 1. The highest BCUT2D eigenvalue weighted by Gasteiger charge is 2.12. The van der Waals surface area contributed by atoms with Crippen molar-refractivity contribution in [3.63, 3.8) is 0 Å². The first kappa shape index (κ1) is 17.6. The van der Waals surface area contributed by atoms with E-state index < -0.39 is 5.97 Å². The lowest BCUT2D eigenvalue weighted by molar-refractivity contribution is -0.136. The van der Waals surface area contributed by atoms with Gasteiger partial charge in [0.1, 0.15) is 12.4 Å². The van der Waals surface area contributed by atoms with Gasteiger partial charge >= 0.3 is 5.97 Å². The number of rotatable bonds is 6. The summed E-state index contributed by atoms with van der Waals surface area (Å²) in [6.45, 7) is 0.00554. The molecule has 0 fully saturated rings. The largest absolute Gasteiger partial charge is 0.488 e. The third kappa shape index (κ3) is 4.86. The van der Waals surface area contributed by atoms with Gasteiger partial charge in [0.15, 0.2) is 0 Å². The third-order valence-corrected chi connectivity index (χ3v) is 3.41. The molecule has 0 aliphatic heterocycles. The van der Waals surface area contributed by atoms with Gasteiger partial charge in [-0.2, -0.15) is 0 Å². The van der Waals surface area contributed by atoms with E-state index in [1.165, 1.54) is 13.3 Å². The van der Waals surface area contributed by atoms with E-state index in [1.807, 2.05) is 0 Å². The Bertz CT molecular complexity index is 754. The summed E-state index contributed by atoms with van der Waals surface area (Å²) in [7, 11) is 1.31. The Kier molecular flexibility index (Phi) is 6.40. The smallest absolute Gasteiger partial charge is 0.337 e. The Hall–Kier alpha value is -2.79. The summed E-state index contributed by atoms with van der Waals surface area (Å²) in [5, 5.41) is 12.3. The van der Waals surface area contributed by atoms with Crippen LogP contribution in [0.2, 0.25) is 5.02 Å².